The van der Waals surface area contributed by atoms with Crippen LogP contribution in [0.15, 0.2) is 18.2 Å². The molecule has 2 rings (SSSR count). The summed E-state index contributed by atoms with van der Waals surface area (Å²) in [7, 11) is 0. The molecule has 2 N–H and O–H groups in total. The van der Waals surface area contributed by atoms with Crippen LogP contribution in [0.5, 0.6) is 5.75 Å². The Morgan fingerprint density at radius 1 is 1.45 bits per heavy atom. The van der Waals surface area contributed by atoms with Crippen molar-refractivity contribution in [2.24, 2.45) is 5.92 Å². The molecule has 5 nitrogen and oxygen atoms in total. The lowest BCUT2D eigenvalue weighted by molar-refractivity contribution is -0.116. The lowest BCUT2D eigenvalue weighted by Crippen LogP contribution is -2.25. The number of anilines is 1. The Morgan fingerprint density at radius 2 is 2.25 bits per heavy atom. The van der Waals surface area contributed by atoms with Crippen molar-refractivity contribution in [1.82, 2.24) is 5.32 Å². The topological polar surface area (TPSA) is 67.4 Å². The normalized spacial score (nSPS) is 14.1. The fraction of sp³-hybridized carbons (Fsp3) is 0.467. The maximum atomic E-state index is 12.0. The second-order valence-electron chi connectivity index (χ2n) is 5.30. The first-order chi connectivity index (χ1) is 9.56. The number of hydrogen-bond donors (Lipinski definition) is 2. The largest absolute Gasteiger partial charge is 0.491 e. The number of nitrogens with one attached hydrogen (secondary N) is 2. The van der Waals surface area contributed by atoms with Crippen LogP contribution in [0, 0.1) is 5.92 Å². The fourth-order valence-corrected chi connectivity index (χ4v) is 1.94. The number of carbonyl (C=O) groups is 2. The minimum atomic E-state index is -0.132. The molecule has 0 aliphatic carbocycles. The summed E-state index contributed by atoms with van der Waals surface area (Å²) in [6.07, 6.45) is 1.27. The van der Waals surface area contributed by atoms with Gasteiger partial charge < -0.3 is 15.4 Å². The molecule has 0 bridgehead atoms. The van der Waals surface area contributed by atoms with Crippen LogP contribution < -0.4 is 15.4 Å². The van der Waals surface area contributed by atoms with E-state index in [0.29, 0.717) is 42.5 Å². The van der Waals surface area contributed by atoms with Gasteiger partial charge in [-0.25, -0.2) is 0 Å². The molecule has 0 saturated carbocycles. The van der Waals surface area contributed by atoms with Gasteiger partial charge in [0.1, 0.15) is 5.75 Å². The summed E-state index contributed by atoms with van der Waals surface area (Å²) >= 11 is 0. The van der Waals surface area contributed by atoms with Crippen LogP contribution in [-0.2, 0) is 4.79 Å². The molecule has 0 radical (unpaired) electrons. The highest BCUT2D eigenvalue weighted by Crippen LogP contribution is 2.28. The molecule has 0 fully saturated rings. The molecule has 0 unspecified atom stereocenters. The molecule has 0 atom stereocenters. The number of ether oxygens (including phenoxy) is 1. The molecular weight excluding hydrogens is 256 g/mol. The quantitative estimate of drug-likeness (QED) is 0.885. The van der Waals surface area contributed by atoms with Crippen molar-refractivity contribution in [3.05, 3.63) is 23.8 Å². The van der Waals surface area contributed by atoms with E-state index < -0.39 is 0 Å². The number of hydrogen-bond acceptors (Lipinski definition) is 3. The molecule has 1 aliphatic heterocycles. The lowest BCUT2D eigenvalue weighted by atomic mass is 10.1. The summed E-state index contributed by atoms with van der Waals surface area (Å²) in [4.78, 5) is 23.5. The van der Waals surface area contributed by atoms with Gasteiger partial charge in [0.15, 0.2) is 0 Å². The van der Waals surface area contributed by atoms with Crippen LogP contribution in [0.4, 0.5) is 5.69 Å². The van der Waals surface area contributed by atoms with E-state index in [2.05, 4.69) is 24.5 Å². The Labute approximate surface area is 118 Å². The van der Waals surface area contributed by atoms with Gasteiger partial charge in [-0.05, 0) is 30.5 Å². The first kappa shape index (κ1) is 14.4. The Balaban J connectivity index is 2.06. The standard InChI is InChI=1S/C15H20N2O3/c1-10(2)5-7-16-15(19)11-3-4-13-12(9-11)17-14(18)6-8-20-13/h3-4,9-10H,5-8H2,1-2H3,(H,16,19)(H,17,18). The van der Waals surface area contributed by atoms with Crippen LogP contribution in [0.1, 0.15) is 37.0 Å². The van der Waals surface area contributed by atoms with Gasteiger partial charge in [-0.1, -0.05) is 13.8 Å². The van der Waals surface area contributed by atoms with Gasteiger partial charge in [0.25, 0.3) is 5.91 Å². The van der Waals surface area contributed by atoms with E-state index in [0.717, 1.165) is 6.42 Å². The third kappa shape index (κ3) is 3.73. The molecule has 2 amide bonds. The summed E-state index contributed by atoms with van der Waals surface area (Å²) in [5, 5.41) is 5.62. The zero-order valence-electron chi connectivity index (χ0n) is 11.9. The third-order valence-corrected chi connectivity index (χ3v) is 3.11. The molecule has 0 saturated heterocycles. The van der Waals surface area contributed by atoms with Crippen LogP contribution in [0.2, 0.25) is 0 Å². The summed E-state index contributed by atoms with van der Waals surface area (Å²) in [5.41, 5.74) is 1.09. The number of amides is 2. The van der Waals surface area contributed by atoms with E-state index in [9.17, 15) is 9.59 Å². The fourth-order valence-electron chi connectivity index (χ4n) is 1.94. The van der Waals surface area contributed by atoms with Crippen molar-refractivity contribution in [3.63, 3.8) is 0 Å². The number of fused-ring (bicyclic) bond motifs is 1. The van der Waals surface area contributed by atoms with Crippen molar-refractivity contribution in [3.8, 4) is 5.75 Å². The SMILES string of the molecule is CC(C)CCNC(=O)c1ccc2c(c1)NC(=O)CCO2. The summed E-state index contributed by atoms with van der Waals surface area (Å²) in [6, 6.07) is 5.09. The van der Waals surface area contributed by atoms with Crippen LogP contribution in [-0.4, -0.2) is 25.0 Å². The molecule has 1 aliphatic rings. The van der Waals surface area contributed by atoms with Crippen LogP contribution >= 0.6 is 0 Å². The van der Waals surface area contributed by atoms with E-state index in [4.69, 9.17) is 4.74 Å². The Hall–Kier alpha value is -2.04. The lowest BCUT2D eigenvalue weighted by Gasteiger charge is -2.10. The van der Waals surface area contributed by atoms with Gasteiger partial charge in [0.05, 0.1) is 18.7 Å². The van der Waals surface area contributed by atoms with Crippen molar-refractivity contribution in [2.45, 2.75) is 26.7 Å². The van der Waals surface area contributed by atoms with Crippen molar-refractivity contribution < 1.29 is 14.3 Å². The predicted molar refractivity (Wildman–Crippen MR) is 77.0 cm³/mol. The first-order valence-electron chi connectivity index (χ1n) is 6.91. The highest BCUT2D eigenvalue weighted by Gasteiger charge is 2.16. The van der Waals surface area contributed by atoms with E-state index in [1.165, 1.54) is 0 Å². The second-order valence-corrected chi connectivity index (χ2v) is 5.30. The minimum Gasteiger partial charge on any atom is -0.491 e. The van der Waals surface area contributed by atoms with Gasteiger partial charge in [-0.3, -0.25) is 9.59 Å². The zero-order chi connectivity index (χ0) is 14.5. The molecule has 20 heavy (non-hydrogen) atoms. The van der Waals surface area contributed by atoms with E-state index in [-0.39, 0.29) is 11.8 Å². The summed E-state index contributed by atoms with van der Waals surface area (Å²) < 4.78 is 5.45. The highest BCUT2D eigenvalue weighted by molar-refractivity contribution is 5.98. The van der Waals surface area contributed by atoms with Gasteiger partial charge in [0.2, 0.25) is 5.91 Å². The molecule has 0 spiro atoms. The Bertz CT molecular complexity index is 512. The molecular formula is C15H20N2O3. The van der Waals surface area contributed by atoms with Crippen molar-refractivity contribution in [1.29, 1.82) is 0 Å². The average Bonchev–Trinajstić information content (AvgIpc) is 2.57. The molecule has 108 valence electrons. The van der Waals surface area contributed by atoms with E-state index in [1.807, 2.05) is 0 Å². The second kappa shape index (κ2) is 6.41. The van der Waals surface area contributed by atoms with Crippen LogP contribution in [0.25, 0.3) is 0 Å². The monoisotopic (exact) mass is 276 g/mol. The van der Waals surface area contributed by atoms with Crippen LogP contribution in [0.3, 0.4) is 0 Å². The molecule has 0 aromatic heterocycles. The highest BCUT2D eigenvalue weighted by atomic mass is 16.5. The Kier molecular flexibility index (Phi) is 4.61. The van der Waals surface area contributed by atoms with Gasteiger partial charge in [-0.2, -0.15) is 0 Å². The maximum Gasteiger partial charge on any atom is 0.251 e. The van der Waals surface area contributed by atoms with Gasteiger partial charge in [0, 0.05) is 12.1 Å². The number of benzene rings is 1. The molecule has 1 aromatic carbocycles. The van der Waals surface area contributed by atoms with Crippen molar-refractivity contribution >= 4 is 17.5 Å². The summed E-state index contributed by atoms with van der Waals surface area (Å²) in [5.74, 6) is 0.928. The van der Waals surface area contributed by atoms with Gasteiger partial charge in [-0.15, -0.1) is 0 Å². The molecule has 1 aromatic rings. The first-order valence-corrected chi connectivity index (χ1v) is 6.91. The molecule has 5 heteroatoms. The maximum absolute atomic E-state index is 12.0. The number of carbonyl (C=O) groups excluding carboxylic acids is 2. The average molecular weight is 276 g/mol. The van der Waals surface area contributed by atoms with Gasteiger partial charge >= 0.3 is 0 Å². The number of rotatable bonds is 4. The smallest absolute Gasteiger partial charge is 0.251 e. The zero-order valence-corrected chi connectivity index (χ0v) is 11.9. The Morgan fingerprint density at radius 3 is 3.00 bits per heavy atom. The minimum absolute atomic E-state index is 0.0962. The van der Waals surface area contributed by atoms with E-state index in [1.54, 1.807) is 18.2 Å². The third-order valence-electron chi connectivity index (χ3n) is 3.11. The van der Waals surface area contributed by atoms with Crippen molar-refractivity contribution in [2.75, 3.05) is 18.5 Å². The predicted octanol–water partition coefficient (Wildman–Crippen LogP) is 2.18. The molecule has 1 heterocycles. The summed E-state index contributed by atoms with van der Waals surface area (Å²) in [6.45, 7) is 5.23. The van der Waals surface area contributed by atoms with E-state index >= 15 is 0 Å².